The standard InChI is InChI=1S/C8H18N4S2/c1-7(9)11-3-5-13-14-6-4-12-8(2)10/h3-6H2,1-2H3,(H2,9,11)(H2,10,12). The van der Waals surface area contributed by atoms with Gasteiger partial charge in [-0.15, -0.1) is 0 Å². The van der Waals surface area contributed by atoms with Gasteiger partial charge in [0.05, 0.1) is 18.2 Å². The number of amidine groups is 2. The Morgan fingerprint density at radius 1 is 1.36 bits per heavy atom. The molecule has 0 spiro atoms. The summed E-state index contributed by atoms with van der Waals surface area (Å²) in [6.45, 7) is 5.19. The number of hydrogen-bond acceptors (Lipinski definition) is 4. The van der Waals surface area contributed by atoms with Gasteiger partial charge in [0.15, 0.2) is 0 Å². The van der Waals surface area contributed by atoms with E-state index in [2.05, 4.69) is 10.3 Å². The lowest BCUT2D eigenvalue weighted by Gasteiger charge is -2.02. The number of nitrogens with two attached hydrogens (primary N) is 1. The van der Waals surface area contributed by atoms with E-state index in [1.54, 1.807) is 35.4 Å². The van der Waals surface area contributed by atoms with E-state index in [4.69, 9.17) is 11.1 Å². The van der Waals surface area contributed by atoms with Gasteiger partial charge in [0, 0.05) is 18.1 Å². The Kier molecular flexibility index (Phi) is 8.97. The second-order valence-corrected chi connectivity index (χ2v) is 5.42. The van der Waals surface area contributed by atoms with Crippen LogP contribution in [0.25, 0.3) is 0 Å². The van der Waals surface area contributed by atoms with Crippen LogP contribution in [-0.4, -0.2) is 36.3 Å². The fourth-order valence-corrected chi connectivity index (χ4v) is 2.42. The van der Waals surface area contributed by atoms with Crippen molar-refractivity contribution in [3.8, 4) is 0 Å². The van der Waals surface area contributed by atoms with Crippen LogP contribution >= 0.6 is 21.6 Å². The molecule has 0 amide bonds. The molecule has 0 aliphatic carbocycles. The molecular weight excluding hydrogens is 216 g/mol. The van der Waals surface area contributed by atoms with Crippen molar-refractivity contribution in [2.45, 2.75) is 13.8 Å². The zero-order valence-electron chi connectivity index (χ0n) is 8.67. The van der Waals surface area contributed by atoms with E-state index in [9.17, 15) is 0 Å². The molecule has 0 radical (unpaired) electrons. The molecular formula is C8H18N4S2. The van der Waals surface area contributed by atoms with Crippen LogP contribution in [-0.2, 0) is 0 Å². The molecule has 6 heteroatoms. The largest absolute Gasteiger partial charge is 0.388 e. The number of nitrogens with zero attached hydrogens (tertiary/aromatic N) is 1. The second-order valence-electron chi connectivity index (χ2n) is 2.72. The third-order valence-corrected chi connectivity index (χ3v) is 3.58. The van der Waals surface area contributed by atoms with Gasteiger partial charge in [-0.05, 0) is 13.8 Å². The molecule has 0 aromatic carbocycles. The third-order valence-electron chi connectivity index (χ3n) is 1.19. The van der Waals surface area contributed by atoms with E-state index in [0.29, 0.717) is 11.7 Å². The van der Waals surface area contributed by atoms with Crippen molar-refractivity contribution in [1.82, 2.24) is 5.32 Å². The SMILES string of the molecule is CC(=N)NCCSSCCN=C(C)N. The van der Waals surface area contributed by atoms with Crippen molar-refractivity contribution in [3.63, 3.8) is 0 Å². The van der Waals surface area contributed by atoms with Crippen molar-refractivity contribution < 1.29 is 0 Å². The van der Waals surface area contributed by atoms with Crippen LogP contribution in [0.15, 0.2) is 4.99 Å². The first-order valence-electron chi connectivity index (χ1n) is 4.43. The summed E-state index contributed by atoms with van der Waals surface area (Å²) in [6.07, 6.45) is 0. The van der Waals surface area contributed by atoms with Gasteiger partial charge in [0.1, 0.15) is 0 Å². The Hall–Kier alpha value is -0.360. The summed E-state index contributed by atoms with van der Waals surface area (Å²) in [6, 6.07) is 0. The van der Waals surface area contributed by atoms with Crippen molar-refractivity contribution in [1.29, 1.82) is 5.41 Å². The summed E-state index contributed by atoms with van der Waals surface area (Å²) in [5.41, 5.74) is 5.39. The number of hydrogen-bond donors (Lipinski definition) is 3. The quantitative estimate of drug-likeness (QED) is 0.269. The molecule has 0 aromatic heterocycles. The lowest BCUT2D eigenvalue weighted by atomic mass is 10.6. The molecule has 0 aliphatic heterocycles. The first-order chi connectivity index (χ1) is 6.63. The highest BCUT2D eigenvalue weighted by Gasteiger charge is 1.91. The molecule has 0 saturated heterocycles. The van der Waals surface area contributed by atoms with Gasteiger partial charge in [-0.25, -0.2) is 0 Å². The molecule has 0 aromatic rings. The summed E-state index contributed by atoms with van der Waals surface area (Å²) in [7, 11) is 3.58. The molecule has 0 atom stereocenters. The highest BCUT2D eigenvalue weighted by Crippen LogP contribution is 2.19. The van der Waals surface area contributed by atoms with E-state index in [0.717, 1.165) is 24.6 Å². The fraction of sp³-hybridized carbons (Fsp3) is 0.750. The Morgan fingerprint density at radius 2 is 2.00 bits per heavy atom. The second kappa shape index (κ2) is 9.21. The number of nitrogens with one attached hydrogen (secondary N) is 2. The highest BCUT2D eigenvalue weighted by molar-refractivity contribution is 8.76. The van der Waals surface area contributed by atoms with Gasteiger partial charge in [0.25, 0.3) is 0 Å². The summed E-state index contributed by atoms with van der Waals surface area (Å²) in [5.74, 6) is 3.17. The van der Waals surface area contributed by atoms with Gasteiger partial charge >= 0.3 is 0 Å². The zero-order chi connectivity index (χ0) is 10.8. The molecule has 0 unspecified atom stereocenters. The molecule has 0 fully saturated rings. The van der Waals surface area contributed by atoms with E-state index in [1.165, 1.54) is 0 Å². The van der Waals surface area contributed by atoms with Gasteiger partial charge in [0.2, 0.25) is 0 Å². The maximum absolute atomic E-state index is 7.13. The van der Waals surface area contributed by atoms with Crippen molar-refractivity contribution in [2.24, 2.45) is 10.7 Å². The fourth-order valence-electron chi connectivity index (χ4n) is 0.657. The minimum atomic E-state index is 0.527. The number of aliphatic imine (C=N–C) groups is 1. The Morgan fingerprint density at radius 3 is 2.57 bits per heavy atom. The maximum Gasteiger partial charge on any atom is 0.0905 e. The van der Waals surface area contributed by atoms with Gasteiger partial charge < -0.3 is 11.1 Å². The smallest absolute Gasteiger partial charge is 0.0905 e. The van der Waals surface area contributed by atoms with Crippen LogP contribution in [0.3, 0.4) is 0 Å². The Labute approximate surface area is 93.4 Å². The predicted molar refractivity (Wildman–Crippen MR) is 68.5 cm³/mol. The first-order valence-corrected chi connectivity index (χ1v) is 6.91. The van der Waals surface area contributed by atoms with Gasteiger partial charge in [-0.1, -0.05) is 21.6 Å². The summed E-state index contributed by atoms with van der Waals surface area (Å²) in [4.78, 5) is 4.08. The summed E-state index contributed by atoms with van der Waals surface area (Å²) in [5, 5.41) is 10.1. The van der Waals surface area contributed by atoms with Gasteiger partial charge in [-0.2, -0.15) is 0 Å². The van der Waals surface area contributed by atoms with Crippen LogP contribution < -0.4 is 11.1 Å². The Bertz CT molecular complexity index is 190. The maximum atomic E-state index is 7.13. The van der Waals surface area contributed by atoms with Crippen molar-refractivity contribution in [3.05, 3.63) is 0 Å². The molecule has 82 valence electrons. The molecule has 0 rings (SSSR count). The summed E-state index contributed by atoms with van der Waals surface area (Å²) < 4.78 is 0. The van der Waals surface area contributed by atoms with E-state index < -0.39 is 0 Å². The van der Waals surface area contributed by atoms with Gasteiger partial charge in [-0.3, -0.25) is 10.4 Å². The van der Waals surface area contributed by atoms with E-state index >= 15 is 0 Å². The van der Waals surface area contributed by atoms with Crippen LogP contribution in [0.1, 0.15) is 13.8 Å². The van der Waals surface area contributed by atoms with Crippen LogP contribution in [0.2, 0.25) is 0 Å². The first kappa shape index (κ1) is 13.6. The molecule has 0 saturated carbocycles. The minimum absolute atomic E-state index is 0.527. The molecule has 0 bridgehead atoms. The van der Waals surface area contributed by atoms with Crippen molar-refractivity contribution >= 4 is 33.3 Å². The lowest BCUT2D eigenvalue weighted by molar-refractivity contribution is 0.964. The third kappa shape index (κ3) is 11.6. The molecule has 4 nitrogen and oxygen atoms in total. The normalized spacial score (nSPS) is 11.4. The van der Waals surface area contributed by atoms with Crippen LogP contribution in [0, 0.1) is 5.41 Å². The van der Waals surface area contributed by atoms with Crippen molar-refractivity contribution in [2.75, 3.05) is 24.6 Å². The molecule has 0 heterocycles. The van der Waals surface area contributed by atoms with Crippen LogP contribution in [0.4, 0.5) is 0 Å². The van der Waals surface area contributed by atoms with Crippen LogP contribution in [0.5, 0.6) is 0 Å². The molecule has 0 aliphatic rings. The average Bonchev–Trinajstić information content (AvgIpc) is 2.08. The van der Waals surface area contributed by atoms with E-state index in [1.807, 2.05) is 0 Å². The highest BCUT2D eigenvalue weighted by atomic mass is 33.1. The van der Waals surface area contributed by atoms with E-state index in [-0.39, 0.29) is 0 Å². The molecule has 14 heavy (non-hydrogen) atoms. The average molecular weight is 234 g/mol. The topological polar surface area (TPSA) is 74.3 Å². The monoisotopic (exact) mass is 234 g/mol. The number of rotatable bonds is 7. The molecule has 4 N–H and O–H groups in total. The zero-order valence-corrected chi connectivity index (χ0v) is 10.3. The predicted octanol–water partition coefficient (Wildman–Crippen LogP) is 1.33. The minimum Gasteiger partial charge on any atom is -0.388 e. The summed E-state index contributed by atoms with van der Waals surface area (Å²) >= 11 is 0. The lowest BCUT2D eigenvalue weighted by Crippen LogP contribution is -2.21. The Balaban J connectivity index is 3.07.